The van der Waals surface area contributed by atoms with Gasteiger partial charge in [0.25, 0.3) is 11.8 Å². The van der Waals surface area contributed by atoms with Crippen molar-refractivity contribution in [2.45, 2.75) is 26.8 Å². The van der Waals surface area contributed by atoms with Gasteiger partial charge in [-0.05, 0) is 25.0 Å². The number of aromatic nitrogens is 2. The van der Waals surface area contributed by atoms with Gasteiger partial charge in [0.15, 0.2) is 5.75 Å². The first-order valence-corrected chi connectivity index (χ1v) is 12.9. The van der Waals surface area contributed by atoms with Gasteiger partial charge in [-0.25, -0.2) is 4.98 Å². The summed E-state index contributed by atoms with van der Waals surface area (Å²) in [6.07, 6.45) is 2.20. The third-order valence-electron chi connectivity index (χ3n) is 5.43. The van der Waals surface area contributed by atoms with Crippen molar-refractivity contribution in [1.82, 2.24) is 14.9 Å². The van der Waals surface area contributed by atoms with E-state index in [1.54, 1.807) is 11.0 Å². The molecule has 3 rings (SSSR count). The Labute approximate surface area is 204 Å². The maximum absolute atomic E-state index is 13.0. The molecule has 190 valence electrons. The number of rotatable bonds is 9. The molecule has 1 saturated heterocycles. The maximum Gasteiger partial charge on any atom is 0.306 e. The van der Waals surface area contributed by atoms with Gasteiger partial charge in [0.1, 0.15) is 5.82 Å². The fourth-order valence-corrected chi connectivity index (χ4v) is 3.65. The molecule has 1 aromatic carbocycles. The lowest BCUT2D eigenvalue weighted by atomic mass is 10.1. The summed E-state index contributed by atoms with van der Waals surface area (Å²) >= 11 is 0. The van der Waals surface area contributed by atoms with Crippen LogP contribution in [0.1, 0.15) is 41.5 Å². The number of nitrogens with zero attached hydrogens (tertiary/aromatic N) is 3. The Morgan fingerprint density at radius 2 is 1.86 bits per heavy atom. The standard InChI is InChI=1S/C22H30N6O6S/c1-13(2)14(3)25-20-17(19(23)29)12-24-22(27-20)26-15-5-6-16(18(11-15)34-35(4,31)32)21(30)28-7-9-33-10-8-28/h5-6,11-14H,7-10H2,1-4H3,(H2,23,29)(H2,24,25,26,27)/t14-/m1/s1. The quantitative estimate of drug-likeness (QED) is 0.425. The number of ether oxygens (including phenoxy) is 1. The number of hydrogen-bond donors (Lipinski definition) is 3. The number of amides is 2. The van der Waals surface area contributed by atoms with Crippen molar-refractivity contribution in [2.24, 2.45) is 11.7 Å². The van der Waals surface area contributed by atoms with E-state index in [1.807, 2.05) is 20.8 Å². The summed E-state index contributed by atoms with van der Waals surface area (Å²) in [6.45, 7) is 7.57. The van der Waals surface area contributed by atoms with Crippen LogP contribution >= 0.6 is 0 Å². The molecule has 1 atom stereocenters. The third-order valence-corrected chi connectivity index (χ3v) is 5.91. The molecule has 1 aliphatic rings. The van der Waals surface area contributed by atoms with E-state index in [0.717, 1.165) is 6.26 Å². The smallest absolute Gasteiger partial charge is 0.306 e. The molecule has 1 aliphatic heterocycles. The minimum atomic E-state index is -3.91. The molecule has 0 unspecified atom stereocenters. The summed E-state index contributed by atoms with van der Waals surface area (Å²) in [5.74, 6) is -0.516. The van der Waals surface area contributed by atoms with Gasteiger partial charge >= 0.3 is 10.1 Å². The van der Waals surface area contributed by atoms with Crippen molar-refractivity contribution in [1.29, 1.82) is 0 Å². The van der Waals surface area contributed by atoms with Crippen molar-refractivity contribution >= 4 is 39.4 Å². The first-order chi connectivity index (χ1) is 16.4. The molecule has 2 aromatic rings. The lowest BCUT2D eigenvalue weighted by Gasteiger charge is -2.27. The van der Waals surface area contributed by atoms with Crippen LogP contribution in [-0.4, -0.2) is 73.7 Å². The number of morpholine rings is 1. The zero-order chi connectivity index (χ0) is 25.8. The van der Waals surface area contributed by atoms with E-state index >= 15 is 0 Å². The number of anilines is 3. The normalized spacial score (nSPS) is 14.9. The molecule has 0 radical (unpaired) electrons. The SMILES string of the molecule is CC(C)[C@@H](C)Nc1nc(Nc2ccc(C(=O)N3CCOCC3)c(OS(C)(=O)=O)c2)ncc1C(N)=O. The Bertz CT molecular complexity index is 1200. The first-order valence-electron chi connectivity index (χ1n) is 11.1. The van der Waals surface area contributed by atoms with Crippen LogP contribution < -0.4 is 20.6 Å². The van der Waals surface area contributed by atoms with E-state index in [0.29, 0.717) is 32.0 Å². The molecule has 2 amide bonds. The van der Waals surface area contributed by atoms with E-state index in [9.17, 15) is 18.0 Å². The minimum Gasteiger partial charge on any atom is -0.382 e. The summed E-state index contributed by atoms with van der Waals surface area (Å²) in [4.78, 5) is 34.9. The van der Waals surface area contributed by atoms with Crippen molar-refractivity contribution in [3.8, 4) is 5.75 Å². The van der Waals surface area contributed by atoms with Crippen LogP contribution in [-0.2, 0) is 14.9 Å². The molecule has 4 N–H and O–H groups in total. The molecule has 0 spiro atoms. The van der Waals surface area contributed by atoms with Crippen molar-refractivity contribution in [3.05, 3.63) is 35.5 Å². The van der Waals surface area contributed by atoms with Crippen LogP contribution in [0.3, 0.4) is 0 Å². The second kappa shape index (κ2) is 10.9. The highest BCUT2D eigenvalue weighted by atomic mass is 32.2. The Hall–Kier alpha value is -3.45. The summed E-state index contributed by atoms with van der Waals surface area (Å²) in [5, 5.41) is 6.11. The first kappa shape index (κ1) is 26.2. The monoisotopic (exact) mass is 506 g/mol. The molecule has 12 nitrogen and oxygen atoms in total. The van der Waals surface area contributed by atoms with E-state index in [1.165, 1.54) is 18.3 Å². The Kier molecular flexibility index (Phi) is 8.12. The molecular formula is C22H30N6O6S. The number of carbonyl (C=O) groups excluding carboxylic acids is 2. The van der Waals surface area contributed by atoms with Gasteiger partial charge in [-0.3, -0.25) is 9.59 Å². The van der Waals surface area contributed by atoms with Crippen LogP contribution in [0.15, 0.2) is 24.4 Å². The van der Waals surface area contributed by atoms with Gasteiger partial charge in [0.05, 0.1) is 30.6 Å². The summed E-state index contributed by atoms with van der Waals surface area (Å²) in [7, 11) is -3.91. The van der Waals surface area contributed by atoms with Crippen LogP contribution in [0.5, 0.6) is 5.75 Å². The number of carbonyl (C=O) groups is 2. The van der Waals surface area contributed by atoms with Crippen LogP contribution in [0, 0.1) is 5.92 Å². The largest absolute Gasteiger partial charge is 0.382 e. The minimum absolute atomic E-state index is 0.00361. The molecule has 2 heterocycles. The number of benzene rings is 1. The molecule has 1 aromatic heterocycles. The fraction of sp³-hybridized carbons (Fsp3) is 0.455. The second-order valence-corrected chi connectivity index (χ2v) is 10.1. The number of primary amides is 1. The highest BCUT2D eigenvalue weighted by molar-refractivity contribution is 7.86. The predicted molar refractivity (Wildman–Crippen MR) is 130 cm³/mol. The van der Waals surface area contributed by atoms with E-state index in [2.05, 4.69) is 20.6 Å². The molecule has 13 heteroatoms. The molecular weight excluding hydrogens is 476 g/mol. The number of hydrogen-bond acceptors (Lipinski definition) is 10. The lowest BCUT2D eigenvalue weighted by molar-refractivity contribution is 0.0302. The second-order valence-electron chi connectivity index (χ2n) is 8.53. The van der Waals surface area contributed by atoms with Gasteiger partial charge in [0, 0.05) is 37.1 Å². The summed E-state index contributed by atoms with van der Waals surface area (Å²) in [6, 6.07) is 4.43. The van der Waals surface area contributed by atoms with Crippen LogP contribution in [0.2, 0.25) is 0 Å². The highest BCUT2D eigenvalue weighted by Crippen LogP contribution is 2.28. The van der Waals surface area contributed by atoms with E-state index in [4.69, 9.17) is 14.7 Å². The zero-order valence-corrected chi connectivity index (χ0v) is 20.9. The van der Waals surface area contributed by atoms with Gasteiger partial charge in [0.2, 0.25) is 5.95 Å². The molecule has 1 fully saturated rings. The van der Waals surface area contributed by atoms with Gasteiger partial charge in [-0.2, -0.15) is 13.4 Å². The van der Waals surface area contributed by atoms with Gasteiger partial charge < -0.3 is 30.2 Å². The third kappa shape index (κ3) is 7.02. The molecule has 0 saturated carbocycles. The molecule has 0 bridgehead atoms. The Morgan fingerprint density at radius 3 is 2.46 bits per heavy atom. The number of nitrogens with two attached hydrogens (primary N) is 1. The topological polar surface area (TPSA) is 166 Å². The Morgan fingerprint density at radius 1 is 1.17 bits per heavy atom. The summed E-state index contributed by atoms with van der Waals surface area (Å²) < 4.78 is 34.1. The predicted octanol–water partition coefficient (Wildman–Crippen LogP) is 1.59. The maximum atomic E-state index is 13.0. The lowest BCUT2D eigenvalue weighted by Crippen LogP contribution is -2.40. The molecule has 35 heavy (non-hydrogen) atoms. The van der Waals surface area contributed by atoms with Crippen LogP contribution in [0.25, 0.3) is 0 Å². The van der Waals surface area contributed by atoms with Gasteiger partial charge in [-0.1, -0.05) is 13.8 Å². The number of nitrogens with one attached hydrogen (secondary N) is 2. The fourth-order valence-electron chi connectivity index (χ4n) is 3.19. The highest BCUT2D eigenvalue weighted by Gasteiger charge is 2.24. The zero-order valence-electron chi connectivity index (χ0n) is 20.1. The summed E-state index contributed by atoms with van der Waals surface area (Å²) in [5.41, 5.74) is 6.06. The average molecular weight is 507 g/mol. The Balaban J connectivity index is 1.92. The van der Waals surface area contributed by atoms with Crippen LogP contribution in [0.4, 0.5) is 17.5 Å². The average Bonchev–Trinajstić information content (AvgIpc) is 2.78. The molecule has 0 aliphatic carbocycles. The van der Waals surface area contributed by atoms with Crippen molar-refractivity contribution in [3.63, 3.8) is 0 Å². The van der Waals surface area contributed by atoms with Crippen molar-refractivity contribution in [2.75, 3.05) is 43.2 Å². The van der Waals surface area contributed by atoms with Gasteiger partial charge in [-0.15, -0.1) is 0 Å². The van der Waals surface area contributed by atoms with E-state index in [-0.39, 0.29) is 46.5 Å². The van der Waals surface area contributed by atoms with Crippen molar-refractivity contribution < 1.29 is 26.9 Å². The van der Waals surface area contributed by atoms with E-state index < -0.39 is 16.0 Å².